The van der Waals surface area contributed by atoms with Crippen molar-refractivity contribution < 1.29 is 8.42 Å². The van der Waals surface area contributed by atoms with E-state index < -0.39 is 9.84 Å². The molecule has 0 amide bonds. The molecular weight excluding hydrogens is 254 g/mol. The maximum absolute atomic E-state index is 11.5. The predicted molar refractivity (Wildman–Crippen MR) is 74.4 cm³/mol. The number of hydrogen-bond acceptors (Lipinski definition) is 4. The molecule has 1 aliphatic heterocycles. The molecular formula is C12H23NO2S2. The normalized spacial score (nSPS) is 31.1. The van der Waals surface area contributed by atoms with E-state index in [1.807, 2.05) is 0 Å². The summed E-state index contributed by atoms with van der Waals surface area (Å²) in [4.78, 5) is 2.27. The van der Waals surface area contributed by atoms with Gasteiger partial charge in [0.1, 0.15) is 0 Å². The van der Waals surface area contributed by atoms with Crippen LogP contribution in [0, 0.1) is 5.41 Å². The molecule has 2 rings (SSSR count). The summed E-state index contributed by atoms with van der Waals surface area (Å²) in [6.07, 6.45) is 5.91. The maximum atomic E-state index is 11.5. The van der Waals surface area contributed by atoms with Crippen LogP contribution in [0.4, 0.5) is 0 Å². The van der Waals surface area contributed by atoms with Gasteiger partial charge in [-0.2, -0.15) is 12.6 Å². The average molecular weight is 277 g/mol. The molecule has 1 saturated heterocycles. The lowest BCUT2D eigenvalue weighted by Crippen LogP contribution is -2.41. The molecule has 0 bridgehead atoms. The quantitative estimate of drug-likeness (QED) is 0.793. The van der Waals surface area contributed by atoms with Gasteiger partial charge in [0.15, 0.2) is 9.84 Å². The molecule has 1 saturated carbocycles. The average Bonchev–Trinajstić information content (AvgIpc) is 2.86. The minimum absolute atomic E-state index is 0.234. The van der Waals surface area contributed by atoms with Gasteiger partial charge < -0.3 is 4.90 Å². The number of sulfone groups is 1. The first-order valence-electron chi connectivity index (χ1n) is 6.48. The van der Waals surface area contributed by atoms with Crippen LogP contribution in [0.5, 0.6) is 0 Å². The van der Waals surface area contributed by atoms with Crippen molar-refractivity contribution in [3.63, 3.8) is 0 Å². The van der Waals surface area contributed by atoms with E-state index in [-0.39, 0.29) is 6.04 Å². The minimum atomic E-state index is -2.76. The Balaban J connectivity index is 1.95. The fraction of sp³-hybridized carbons (Fsp3) is 1.00. The van der Waals surface area contributed by atoms with Crippen molar-refractivity contribution in [2.45, 2.75) is 38.1 Å². The van der Waals surface area contributed by atoms with E-state index in [1.165, 1.54) is 25.7 Å². The van der Waals surface area contributed by atoms with Gasteiger partial charge in [-0.25, -0.2) is 8.42 Å². The van der Waals surface area contributed by atoms with Crippen molar-refractivity contribution in [1.29, 1.82) is 0 Å². The Morgan fingerprint density at radius 1 is 1.35 bits per heavy atom. The summed E-state index contributed by atoms with van der Waals surface area (Å²) in [5, 5.41) is 0. The summed E-state index contributed by atoms with van der Waals surface area (Å²) >= 11 is 4.51. The Bertz CT molecular complexity index is 361. The van der Waals surface area contributed by atoms with Crippen molar-refractivity contribution in [3.05, 3.63) is 0 Å². The second kappa shape index (κ2) is 5.10. The molecule has 3 nitrogen and oxygen atoms in total. The second-order valence-corrected chi connectivity index (χ2v) is 8.38. The van der Waals surface area contributed by atoms with Gasteiger partial charge in [-0.3, -0.25) is 0 Å². The topological polar surface area (TPSA) is 37.4 Å². The molecule has 0 N–H and O–H groups in total. The third kappa shape index (κ3) is 3.18. The second-order valence-electron chi connectivity index (χ2n) is 5.84. The van der Waals surface area contributed by atoms with Crippen LogP contribution in [0.2, 0.25) is 0 Å². The molecule has 0 aromatic heterocycles. The van der Waals surface area contributed by atoms with Crippen molar-refractivity contribution in [2.24, 2.45) is 5.41 Å². The lowest BCUT2D eigenvalue weighted by molar-refractivity contribution is 0.165. The van der Waals surface area contributed by atoms with Crippen molar-refractivity contribution in [2.75, 3.05) is 30.9 Å². The van der Waals surface area contributed by atoms with Crippen molar-refractivity contribution in [1.82, 2.24) is 4.90 Å². The predicted octanol–water partition coefficient (Wildman–Crippen LogP) is 1.60. The van der Waals surface area contributed by atoms with Crippen molar-refractivity contribution in [3.8, 4) is 0 Å². The molecule has 0 aromatic rings. The Hall–Kier alpha value is 0.260. The van der Waals surface area contributed by atoms with Gasteiger partial charge in [0.2, 0.25) is 0 Å². The molecule has 0 radical (unpaired) electrons. The molecule has 2 fully saturated rings. The SMILES string of the molecule is CN(CC1(CS)CCCC1)C1CCS(=O)(=O)C1. The van der Waals surface area contributed by atoms with E-state index in [1.54, 1.807) is 0 Å². The summed E-state index contributed by atoms with van der Waals surface area (Å²) in [5.74, 6) is 1.65. The van der Waals surface area contributed by atoms with E-state index >= 15 is 0 Å². The van der Waals surface area contributed by atoms with E-state index in [0.29, 0.717) is 16.9 Å². The van der Waals surface area contributed by atoms with Crippen LogP contribution in [0.15, 0.2) is 0 Å². The molecule has 1 unspecified atom stereocenters. The lowest BCUT2D eigenvalue weighted by Gasteiger charge is -2.35. The number of thiol groups is 1. The number of nitrogens with zero attached hydrogens (tertiary/aromatic N) is 1. The van der Waals surface area contributed by atoms with Crippen LogP contribution >= 0.6 is 12.6 Å². The summed E-state index contributed by atoms with van der Waals surface area (Å²) in [5.41, 5.74) is 0.338. The maximum Gasteiger partial charge on any atom is 0.151 e. The van der Waals surface area contributed by atoms with Gasteiger partial charge in [0, 0.05) is 12.6 Å². The first-order valence-corrected chi connectivity index (χ1v) is 8.93. The van der Waals surface area contributed by atoms with E-state index in [0.717, 1.165) is 18.7 Å². The standard InChI is InChI=1S/C12H23NO2S2/c1-13(11-4-7-17(14,15)8-11)9-12(10-16)5-2-3-6-12/h11,16H,2-10H2,1H3. The lowest BCUT2D eigenvalue weighted by atomic mass is 9.87. The first kappa shape index (κ1) is 13.7. The third-order valence-electron chi connectivity index (χ3n) is 4.42. The summed E-state index contributed by atoms with van der Waals surface area (Å²) in [7, 11) is -0.683. The van der Waals surface area contributed by atoms with Crippen LogP contribution in [0.3, 0.4) is 0 Å². The summed E-state index contributed by atoms with van der Waals surface area (Å²) in [6, 6.07) is 0.234. The van der Waals surface area contributed by atoms with Crippen LogP contribution in [0.1, 0.15) is 32.1 Å². The van der Waals surface area contributed by atoms with Gasteiger partial charge in [0.25, 0.3) is 0 Å². The smallest absolute Gasteiger partial charge is 0.151 e. The Labute approximate surface area is 110 Å². The Kier molecular flexibility index (Phi) is 4.10. The highest BCUT2D eigenvalue weighted by atomic mass is 32.2. The molecule has 5 heteroatoms. The molecule has 2 aliphatic rings. The molecule has 0 spiro atoms. The highest BCUT2D eigenvalue weighted by Gasteiger charge is 2.37. The molecule has 100 valence electrons. The van der Waals surface area contributed by atoms with E-state index in [9.17, 15) is 8.42 Å². The minimum Gasteiger partial charge on any atom is -0.302 e. The third-order valence-corrected chi connectivity index (χ3v) is 6.84. The zero-order valence-corrected chi connectivity index (χ0v) is 12.3. The largest absolute Gasteiger partial charge is 0.302 e. The summed E-state index contributed by atoms with van der Waals surface area (Å²) < 4.78 is 23.0. The van der Waals surface area contributed by atoms with Gasteiger partial charge in [-0.1, -0.05) is 12.8 Å². The van der Waals surface area contributed by atoms with Gasteiger partial charge in [0.05, 0.1) is 11.5 Å². The zero-order valence-electron chi connectivity index (χ0n) is 10.6. The monoisotopic (exact) mass is 277 g/mol. The highest BCUT2D eigenvalue weighted by molar-refractivity contribution is 7.91. The number of hydrogen-bond donors (Lipinski definition) is 1. The summed E-state index contributed by atoms with van der Waals surface area (Å²) in [6.45, 7) is 1.01. The van der Waals surface area contributed by atoms with E-state index in [2.05, 4.69) is 24.6 Å². The van der Waals surface area contributed by atoms with Gasteiger partial charge in [-0.05, 0) is 37.5 Å². The van der Waals surface area contributed by atoms with Gasteiger partial charge >= 0.3 is 0 Å². The molecule has 17 heavy (non-hydrogen) atoms. The van der Waals surface area contributed by atoms with Crippen LogP contribution in [-0.4, -0.2) is 50.2 Å². The van der Waals surface area contributed by atoms with Crippen LogP contribution in [-0.2, 0) is 9.84 Å². The van der Waals surface area contributed by atoms with E-state index in [4.69, 9.17) is 0 Å². The molecule has 1 aliphatic carbocycles. The highest BCUT2D eigenvalue weighted by Crippen LogP contribution is 2.40. The molecule has 1 heterocycles. The Morgan fingerprint density at radius 3 is 2.47 bits per heavy atom. The number of rotatable bonds is 4. The Morgan fingerprint density at radius 2 is 2.00 bits per heavy atom. The van der Waals surface area contributed by atoms with Crippen LogP contribution in [0.25, 0.3) is 0 Å². The molecule has 1 atom stereocenters. The fourth-order valence-electron chi connectivity index (χ4n) is 3.27. The van der Waals surface area contributed by atoms with Crippen LogP contribution < -0.4 is 0 Å². The van der Waals surface area contributed by atoms with Crippen molar-refractivity contribution >= 4 is 22.5 Å². The first-order chi connectivity index (χ1) is 7.96. The van der Waals surface area contributed by atoms with Gasteiger partial charge in [-0.15, -0.1) is 0 Å². The fourth-order valence-corrected chi connectivity index (χ4v) is 5.49. The zero-order chi connectivity index (χ0) is 12.5. The molecule has 0 aromatic carbocycles.